The molecule has 132 valence electrons. The van der Waals surface area contributed by atoms with Crippen molar-refractivity contribution in [1.82, 2.24) is 10.7 Å². The molecule has 1 heterocycles. The van der Waals surface area contributed by atoms with Crippen LogP contribution >= 0.6 is 12.2 Å². The lowest BCUT2D eigenvalue weighted by molar-refractivity contribution is 0.174. The van der Waals surface area contributed by atoms with Gasteiger partial charge in [0, 0.05) is 18.2 Å². The summed E-state index contributed by atoms with van der Waals surface area (Å²) in [6.45, 7) is 0.942. The van der Waals surface area contributed by atoms with Crippen molar-refractivity contribution in [3.8, 4) is 11.5 Å². The summed E-state index contributed by atoms with van der Waals surface area (Å²) in [4.78, 5) is 0. The lowest BCUT2D eigenvalue weighted by Gasteiger charge is -2.25. The lowest BCUT2D eigenvalue weighted by Crippen LogP contribution is -2.34. The second-order valence-corrected chi connectivity index (χ2v) is 8.06. The smallest absolute Gasteiger partial charge is 0.231 e. The maximum Gasteiger partial charge on any atom is 0.231 e. The van der Waals surface area contributed by atoms with Crippen molar-refractivity contribution in [2.45, 2.75) is 38.6 Å². The molecule has 1 aromatic rings. The molecule has 2 bridgehead atoms. The Morgan fingerprint density at radius 3 is 3.04 bits per heavy atom. The van der Waals surface area contributed by atoms with E-state index in [4.69, 9.17) is 21.7 Å². The van der Waals surface area contributed by atoms with Crippen molar-refractivity contribution in [2.24, 2.45) is 28.8 Å². The highest BCUT2D eigenvalue weighted by molar-refractivity contribution is 7.80. The van der Waals surface area contributed by atoms with E-state index >= 15 is 0 Å². The van der Waals surface area contributed by atoms with Crippen LogP contribution in [0.15, 0.2) is 23.3 Å². The molecule has 0 spiro atoms. The molecular formula is C19H23N3O2S. The van der Waals surface area contributed by atoms with Crippen molar-refractivity contribution < 1.29 is 9.47 Å². The zero-order valence-corrected chi connectivity index (χ0v) is 15.0. The van der Waals surface area contributed by atoms with Crippen molar-refractivity contribution in [3.63, 3.8) is 0 Å². The van der Waals surface area contributed by atoms with Gasteiger partial charge < -0.3 is 14.8 Å². The van der Waals surface area contributed by atoms with E-state index in [2.05, 4.69) is 15.8 Å². The minimum atomic E-state index is 0.299. The van der Waals surface area contributed by atoms with E-state index in [1.807, 2.05) is 18.2 Å². The fraction of sp³-hybridized carbons (Fsp3) is 0.579. The van der Waals surface area contributed by atoms with Gasteiger partial charge in [-0.3, -0.25) is 5.43 Å². The second-order valence-electron chi connectivity index (χ2n) is 7.65. The van der Waals surface area contributed by atoms with Crippen LogP contribution in [0.3, 0.4) is 0 Å². The van der Waals surface area contributed by atoms with Gasteiger partial charge in [0.1, 0.15) is 0 Å². The van der Waals surface area contributed by atoms with E-state index in [1.165, 1.54) is 37.8 Å². The normalized spacial score (nSPS) is 32.9. The van der Waals surface area contributed by atoms with Crippen LogP contribution in [0.1, 0.15) is 37.7 Å². The molecule has 3 aliphatic carbocycles. The third-order valence-corrected chi connectivity index (χ3v) is 6.63. The lowest BCUT2D eigenvalue weighted by atomic mass is 9.81. The van der Waals surface area contributed by atoms with Gasteiger partial charge in [0.15, 0.2) is 16.6 Å². The van der Waals surface area contributed by atoms with Gasteiger partial charge in [0.2, 0.25) is 6.79 Å². The number of hydrazone groups is 1. The van der Waals surface area contributed by atoms with Crippen LogP contribution in [-0.4, -0.2) is 17.6 Å². The summed E-state index contributed by atoms with van der Waals surface area (Å²) in [5.41, 5.74) is 5.52. The van der Waals surface area contributed by atoms with Crippen molar-refractivity contribution in [1.29, 1.82) is 0 Å². The van der Waals surface area contributed by atoms with Crippen LogP contribution in [0.4, 0.5) is 0 Å². The largest absolute Gasteiger partial charge is 0.454 e. The average molecular weight is 357 g/mol. The summed E-state index contributed by atoms with van der Waals surface area (Å²) >= 11 is 5.38. The number of benzene rings is 1. The molecule has 5 rings (SSSR count). The van der Waals surface area contributed by atoms with Gasteiger partial charge in [-0.25, -0.2) is 0 Å². The maximum absolute atomic E-state index is 5.40. The topological polar surface area (TPSA) is 54.9 Å². The van der Waals surface area contributed by atoms with Gasteiger partial charge in [-0.05, 0) is 73.4 Å². The summed E-state index contributed by atoms with van der Waals surface area (Å²) in [5.74, 6) is 5.08. The first-order valence-corrected chi connectivity index (χ1v) is 9.67. The van der Waals surface area contributed by atoms with Gasteiger partial charge in [0.25, 0.3) is 0 Å². The third kappa shape index (κ3) is 2.76. The molecule has 1 aliphatic heterocycles. The Labute approximate surface area is 153 Å². The van der Waals surface area contributed by atoms with Gasteiger partial charge in [-0.2, -0.15) is 5.10 Å². The van der Waals surface area contributed by atoms with E-state index in [0.717, 1.165) is 34.8 Å². The van der Waals surface area contributed by atoms with Gasteiger partial charge in [0.05, 0.1) is 0 Å². The third-order valence-electron chi connectivity index (χ3n) is 6.39. The molecule has 0 unspecified atom stereocenters. The molecule has 5 nitrogen and oxygen atoms in total. The fourth-order valence-electron chi connectivity index (χ4n) is 5.34. The van der Waals surface area contributed by atoms with E-state index in [9.17, 15) is 0 Å². The number of ether oxygens (including phenoxy) is 2. The molecule has 25 heavy (non-hydrogen) atoms. The Kier molecular flexibility index (Phi) is 3.81. The molecule has 0 amide bonds. The predicted octanol–water partition coefficient (Wildman–Crippen LogP) is 3.19. The minimum absolute atomic E-state index is 0.299. The molecule has 3 fully saturated rings. The number of nitrogens with one attached hydrogen (secondary N) is 2. The average Bonchev–Trinajstić information content (AvgIpc) is 3.39. The summed E-state index contributed by atoms with van der Waals surface area (Å²) in [6, 6.07) is 5.94. The number of fused-ring (bicyclic) bond motifs is 6. The first kappa shape index (κ1) is 15.4. The summed E-state index contributed by atoms with van der Waals surface area (Å²) < 4.78 is 10.7. The Balaban J connectivity index is 1.15. The zero-order chi connectivity index (χ0) is 16.8. The molecule has 0 aromatic heterocycles. The van der Waals surface area contributed by atoms with Gasteiger partial charge in [-0.15, -0.1) is 0 Å². The van der Waals surface area contributed by atoms with Crippen molar-refractivity contribution >= 4 is 23.0 Å². The quantitative estimate of drug-likeness (QED) is 0.643. The predicted molar refractivity (Wildman–Crippen MR) is 99.6 cm³/mol. The van der Waals surface area contributed by atoms with E-state index < -0.39 is 0 Å². The summed E-state index contributed by atoms with van der Waals surface area (Å²) in [6.07, 6.45) is 6.79. The van der Waals surface area contributed by atoms with Gasteiger partial charge in [-0.1, -0.05) is 12.5 Å². The minimum Gasteiger partial charge on any atom is -0.454 e. The van der Waals surface area contributed by atoms with Gasteiger partial charge >= 0.3 is 0 Å². The van der Waals surface area contributed by atoms with Crippen molar-refractivity contribution in [3.05, 3.63) is 23.8 Å². The van der Waals surface area contributed by atoms with E-state index in [1.54, 1.807) is 0 Å². The van der Waals surface area contributed by atoms with Crippen LogP contribution in [0.2, 0.25) is 0 Å². The molecule has 0 saturated heterocycles. The Morgan fingerprint density at radius 2 is 2.08 bits per heavy atom. The number of hydrogen-bond donors (Lipinski definition) is 2. The van der Waals surface area contributed by atoms with E-state index in [-0.39, 0.29) is 0 Å². The summed E-state index contributed by atoms with van der Waals surface area (Å²) in [7, 11) is 0. The SMILES string of the molecule is S=C(NCc1ccc2c(c1)OCO2)NN=C1C[C@H]2C[C@H]1[C@H]1CCC[C@H]21. The van der Waals surface area contributed by atoms with E-state index in [0.29, 0.717) is 24.4 Å². The highest BCUT2D eigenvalue weighted by Gasteiger charge is 2.52. The zero-order valence-electron chi connectivity index (χ0n) is 14.2. The molecule has 1 aromatic carbocycles. The van der Waals surface area contributed by atoms with Crippen LogP contribution in [0, 0.1) is 23.7 Å². The molecule has 0 radical (unpaired) electrons. The Morgan fingerprint density at radius 1 is 1.20 bits per heavy atom. The number of thiocarbonyl (C=S) groups is 1. The highest BCUT2D eigenvalue weighted by atomic mass is 32.1. The van der Waals surface area contributed by atoms with Crippen molar-refractivity contribution in [2.75, 3.05) is 6.79 Å². The number of rotatable bonds is 3. The standard InChI is InChI=1S/C19H23N3O2S/c25-19(20-9-11-4-5-17-18(6-11)24-10-23-17)22-21-16-8-12-7-15(16)14-3-1-2-13(12)14/h4-6,12-15H,1-3,7-10H2,(H2,20,22,25)/t12-,13-,14+,15+/m1/s1. The number of hydrogen-bond acceptors (Lipinski definition) is 4. The molecule has 3 saturated carbocycles. The van der Waals surface area contributed by atoms with Crippen LogP contribution in [0.25, 0.3) is 0 Å². The highest BCUT2D eigenvalue weighted by Crippen LogP contribution is 2.57. The Hall–Kier alpha value is -1.82. The van der Waals surface area contributed by atoms with Crippen LogP contribution in [0.5, 0.6) is 11.5 Å². The monoisotopic (exact) mass is 357 g/mol. The molecule has 4 atom stereocenters. The fourth-order valence-corrected chi connectivity index (χ4v) is 5.46. The summed E-state index contributed by atoms with van der Waals surface area (Å²) in [5, 5.41) is 8.46. The number of nitrogens with zero attached hydrogens (tertiary/aromatic N) is 1. The first-order chi connectivity index (χ1) is 12.3. The molecule has 6 heteroatoms. The Bertz CT molecular complexity index is 735. The first-order valence-electron chi connectivity index (χ1n) is 9.27. The second kappa shape index (κ2) is 6.16. The molecule has 2 N–H and O–H groups in total. The van der Waals surface area contributed by atoms with Crippen LogP contribution < -0.4 is 20.2 Å². The molecule has 4 aliphatic rings. The molecular weight excluding hydrogens is 334 g/mol. The van der Waals surface area contributed by atoms with Crippen LogP contribution in [-0.2, 0) is 6.54 Å². The maximum atomic E-state index is 5.40.